The first-order chi connectivity index (χ1) is 9.58. The number of hydrogen-bond donors (Lipinski definition) is 1. The third kappa shape index (κ3) is 4.58. The number of rotatable bonds is 6. The van der Waals surface area contributed by atoms with Crippen molar-refractivity contribution in [3.05, 3.63) is 29.8 Å². The Morgan fingerprint density at radius 2 is 2.05 bits per heavy atom. The van der Waals surface area contributed by atoms with E-state index in [0.29, 0.717) is 17.4 Å². The Balaban J connectivity index is 1.76. The second kappa shape index (κ2) is 7.20. The van der Waals surface area contributed by atoms with Crippen LogP contribution in [-0.2, 0) is 14.6 Å². The highest BCUT2D eigenvalue weighted by molar-refractivity contribution is 7.91. The van der Waals surface area contributed by atoms with Crippen LogP contribution in [0.15, 0.2) is 29.2 Å². The summed E-state index contributed by atoms with van der Waals surface area (Å²) in [6.45, 7) is 4.26. The zero-order valence-electron chi connectivity index (χ0n) is 12.0. The molecule has 0 aliphatic carbocycles. The molecule has 1 heterocycles. The molecule has 4 nitrogen and oxygen atoms in total. The third-order valence-electron chi connectivity index (χ3n) is 3.56. The van der Waals surface area contributed by atoms with Crippen LogP contribution >= 0.6 is 0 Å². The van der Waals surface area contributed by atoms with E-state index in [9.17, 15) is 8.42 Å². The predicted molar refractivity (Wildman–Crippen MR) is 79.7 cm³/mol. The Morgan fingerprint density at radius 1 is 1.30 bits per heavy atom. The molecule has 1 unspecified atom stereocenters. The van der Waals surface area contributed by atoms with Crippen molar-refractivity contribution in [1.29, 1.82) is 0 Å². The molecule has 0 spiro atoms. The van der Waals surface area contributed by atoms with E-state index in [2.05, 4.69) is 5.32 Å². The zero-order valence-corrected chi connectivity index (χ0v) is 12.8. The molecule has 0 saturated carbocycles. The topological polar surface area (TPSA) is 55.4 Å². The van der Waals surface area contributed by atoms with Gasteiger partial charge >= 0.3 is 0 Å². The maximum Gasteiger partial charge on any atom is 0.178 e. The molecule has 1 aliphatic heterocycles. The van der Waals surface area contributed by atoms with Crippen molar-refractivity contribution in [2.24, 2.45) is 0 Å². The van der Waals surface area contributed by atoms with Crippen molar-refractivity contribution in [3.63, 3.8) is 0 Å². The van der Waals surface area contributed by atoms with Crippen molar-refractivity contribution < 1.29 is 13.2 Å². The van der Waals surface area contributed by atoms with Crippen molar-refractivity contribution in [3.8, 4) is 0 Å². The fraction of sp³-hybridized carbons (Fsp3) is 0.600. The van der Waals surface area contributed by atoms with Gasteiger partial charge in [-0.15, -0.1) is 0 Å². The van der Waals surface area contributed by atoms with Gasteiger partial charge in [-0.3, -0.25) is 0 Å². The third-order valence-corrected chi connectivity index (χ3v) is 5.38. The molecule has 0 amide bonds. The normalized spacial score (nSPS) is 19.9. The van der Waals surface area contributed by atoms with Gasteiger partial charge in [0.1, 0.15) is 0 Å². The maximum atomic E-state index is 12.1. The molecule has 0 bridgehead atoms. The van der Waals surface area contributed by atoms with Gasteiger partial charge in [0.2, 0.25) is 0 Å². The predicted octanol–water partition coefficient (Wildman–Crippen LogP) is 1.93. The molecule has 1 fully saturated rings. The van der Waals surface area contributed by atoms with Crippen LogP contribution in [0.25, 0.3) is 0 Å². The smallest absolute Gasteiger partial charge is 0.178 e. The van der Waals surface area contributed by atoms with Crippen LogP contribution in [0.3, 0.4) is 0 Å². The minimum absolute atomic E-state index is 0.191. The molecule has 1 aliphatic rings. The highest BCUT2D eigenvalue weighted by Crippen LogP contribution is 2.13. The van der Waals surface area contributed by atoms with E-state index < -0.39 is 9.84 Å². The van der Waals surface area contributed by atoms with Gasteiger partial charge in [-0.2, -0.15) is 0 Å². The molecule has 0 radical (unpaired) electrons. The van der Waals surface area contributed by atoms with Gasteiger partial charge in [-0.1, -0.05) is 17.7 Å². The van der Waals surface area contributed by atoms with Gasteiger partial charge in [0.05, 0.1) is 17.3 Å². The van der Waals surface area contributed by atoms with Crippen LogP contribution in [0.4, 0.5) is 0 Å². The average molecular weight is 297 g/mol. The molecule has 1 aromatic carbocycles. The van der Waals surface area contributed by atoms with Gasteiger partial charge in [0.15, 0.2) is 9.84 Å². The first kappa shape index (κ1) is 15.5. The van der Waals surface area contributed by atoms with Crippen LogP contribution < -0.4 is 5.32 Å². The summed E-state index contributed by atoms with van der Waals surface area (Å²) in [5, 5.41) is 3.37. The minimum Gasteiger partial charge on any atom is -0.380 e. The first-order valence-corrected chi connectivity index (χ1v) is 8.84. The molecular weight excluding hydrogens is 274 g/mol. The summed E-state index contributed by atoms with van der Waals surface area (Å²) in [5.41, 5.74) is 1.07. The summed E-state index contributed by atoms with van der Waals surface area (Å²) in [7, 11) is -3.15. The standard InChI is InChI=1S/C15H23NO3S/c1-13-5-7-15(8-6-13)20(17,18)11-3-9-16-14-4-2-10-19-12-14/h5-8,14,16H,2-4,9-12H2,1H3. The molecule has 112 valence electrons. The number of nitrogens with one attached hydrogen (secondary N) is 1. The fourth-order valence-electron chi connectivity index (χ4n) is 2.33. The van der Waals surface area contributed by atoms with E-state index in [1.165, 1.54) is 0 Å². The number of sulfone groups is 1. The number of aryl methyl sites for hydroxylation is 1. The van der Waals surface area contributed by atoms with Crippen molar-refractivity contribution >= 4 is 9.84 Å². The van der Waals surface area contributed by atoms with Gasteiger partial charge in [0, 0.05) is 12.6 Å². The van der Waals surface area contributed by atoms with E-state index >= 15 is 0 Å². The summed E-state index contributed by atoms with van der Waals surface area (Å²) in [5.74, 6) is 0.191. The fourth-order valence-corrected chi connectivity index (χ4v) is 3.64. The largest absolute Gasteiger partial charge is 0.380 e. The van der Waals surface area contributed by atoms with E-state index in [1.54, 1.807) is 12.1 Å². The molecule has 1 N–H and O–H groups in total. The van der Waals surface area contributed by atoms with Gasteiger partial charge in [0.25, 0.3) is 0 Å². The van der Waals surface area contributed by atoms with Gasteiger partial charge in [-0.25, -0.2) is 8.42 Å². The summed E-state index contributed by atoms with van der Waals surface area (Å²) in [4.78, 5) is 0.420. The molecule has 0 aromatic heterocycles. The summed E-state index contributed by atoms with van der Waals surface area (Å²) in [6.07, 6.45) is 2.83. The Hall–Kier alpha value is -0.910. The molecule has 1 aromatic rings. The second-order valence-corrected chi connectivity index (χ2v) is 7.46. The van der Waals surface area contributed by atoms with Crippen LogP contribution in [0.5, 0.6) is 0 Å². The van der Waals surface area contributed by atoms with Crippen LogP contribution in [0.1, 0.15) is 24.8 Å². The lowest BCUT2D eigenvalue weighted by Crippen LogP contribution is -2.37. The zero-order chi connectivity index (χ0) is 14.4. The molecule has 20 heavy (non-hydrogen) atoms. The van der Waals surface area contributed by atoms with Crippen molar-refractivity contribution in [2.45, 2.75) is 37.1 Å². The van der Waals surface area contributed by atoms with E-state index in [0.717, 1.165) is 38.2 Å². The quantitative estimate of drug-likeness (QED) is 0.815. The number of ether oxygens (including phenoxy) is 1. The van der Waals surface area contributed by atoms with E-state index in [4.69, 9.17) is 4.74 Å². The SMILES string of the molecule is Cc1ccc(S(=O)(=O)CCCNC2CCCOC2)cc1. The molecular formula is C15H23NO3S. The Bertz CT molecular complexity index is 504. The van der Waals surface area contributed by atoms with Crippen molar-refractivity contribution in [2.75, 3.05) is 25.5 Å². The van der Waals surface area contributed by atoms with E-state index in [-0.39, 0.29) is 5.75 Å². The maximum absolute atomic E-state index is 12.1. The van der Waals surface area contributed by atoms with Crippen LogP contribution in [0, 0.1) is 6.92 Å². The highest BCUT2D eigenvalue weighted by atomic mass is 32.2. The minimum atomic E-state index is -3.15. The summed E-state index contributed by atoms with van der Waals surface area (Å²) < 4.78 is 29.7. The van der Waals surface area contributed by atoms with Gasteiger partial charge < -0.3 is 10.1 Å². The second-order valence-electron chi connectivity index (χ2n) is 5.35. The van der Waals surface area contributed by atoms with Crippen molar-refractivity contribution in [1.82, 2.24) is 5.32 Å². The van der Waals surface area contributed by atoms with E-state index in [1.807, 2.05) is 19.1 Å². The molecule has 2 rings (SSSR count). The van der Waals surface area contributed by atoms with Crippen LogP contribution in [-0.4, -0.2) is 40.0 Å². The molecule has 1 atom stereocenters. The summed E-state index contributed by atoms with van der Waals surface area (Å²) in [6, 6.07) is 7.43. The van der Waals surface area contributed by atoms with Crippen LogP contribution in [0.2, 0.25) is 0 Å². The van der Waals surface area contributed by atoms with Gasteiger partial charge in [-0.05, 0) is 44.9 Å². The number of hydrogen-bond acceptors (Lipinski definition) is 4. The molecule has 5 heteroatoms. The number of benzene rings is 1. The first-order valence-electron chi connectivity index (χ1n) is 7.18. The lowest BCUT2D eigenvalue weighted by atomic mass is 10.1. The Morgan fingerprint density at radius 3 is 2.70 bits per heavy atom. The lowest BCUT2D eigenvalue weighted by Gasteiger charge is -2.23. The summed E-state index contributed by atoms with van der Waals surface area (Å²) >= 11 is 0. The Kier molecular flexibility index (Phi) is 5.57. The molecule has 1 saturated heterocycles. The Labute approximate surface area is 121 Å². The lowest BCUT2D eigenvalue weighted by molar-refractivity contribution is 0.0706. The monoisotopic (exact) mass is 297 g/mol. The highest BCUT2D eigenvalue weighted by Gasteiger charge is 2.15. The average Bonchev–Trinajstić information content (AvgIpc) is 2.45.